The summed E-state index contributed by atoms with van der Waals surface area (Å²) in [6.45, 7) is 6.80. The van der Waals surface area contributed by atoms with E-state index in [9.17, 15) is 9.59 Å². The summed E-state index contributed by atoms with van der Waals surface area (Å²) in [5.74, 6) is 0.411. The van der Waals surface area contributed by atoms with Crippen molar-refractivity contribution in [1.29, 1.82) is 0 Å². The molecular formula is C23H24ClN5O2. The molecule has 0 aliphatic carbocycles. The Morgan fingerprint density at radius 1 is 1.10 bits per heavy atom. The molecule has 3 aromatic rings. The zero-order valence-electron chi connectivity index (χ0n) is 17.6. The summed E-state index contributed by atoms with van der Waals surface area (Å²) in [6, 6.07) is 14.0. The number of hydrogen-bond donors (Lipinski definition) is 3. The summed E-state index contributed by atoms with van der Waals surface area (Å²) in [5, 5.41) is 13.8. The normalized spacial score (nSPS) is 13.4. The molecular weight excluding hydrogens is 414 g/mol. The number of anilines is 2. The van der Waals surface area contributed by atoms with Gasteiger partial charge in [0, 0.05) is 34.3 Å². The molecule has 1 aliphatic heterocycles. The minimum atomic E-state index is -0.403. The van der Waals surface area contributed by atoms with E-state index in [1.165, 1.54) is 0 Å². The Morgan fingerprint density at radius 3 is 2.55 bits per heavy atom. The van der Waals surface area contributed by atoms with E-state index < -0.39 is 6.03 Å². The molecule has 0 unspecified atom stereocenters. The maximum Gasteiger partial charge on any atom is 0.324 e. The number of carbonyl (C=O) groups excluding carboxylic acids is 2. The molecule has 2 heterocycles. The van der Waals surface area contributed by atoms with Crippen LogP contribution in [0.1, 0.15) is 42.4 Å². The van der Waals surface area contributed by atoms with Crippen LogP contribution in [-0.2, 0) is 11.8 Å². The number of nitrogens with zero attached hydrogens (tertiary/aromatic N) is 2. The number of halogens is 1. The largest absolute Gasteiger partial charge is 0.352 e. The number of benzene rings is 2. The molecule has 7 nitrogen and oxygen atoms in total. The van der Waals surface area contributed by atoms with E-state index in [4.69, 9.17) is 16.7 Å². The third-order valence-corrected chi connectivity index (χ3v) is 5.34. The molecule has 0 saturated heterocycles. The van der Waals surface area contributed by atoms with Crippen LogP contribution in [0.5, 0.6) is 0 Å². The van der Waals surface area contributed by atoms with Crippen molar-refractivity contribution in [1.82, 2.24) is 15.1 Å². The number of urea groups is 1. The molecule has 2 aromatic carbocycles. The van der Waals surface area contributed by atoms with Crippen molar-refractivity contribution in [2.75, 3.05) is 17.2 Å². The minimum absolute atomic E-state index is 0.0960. The average molecular weight is 438 g/mol. The first-order valence-corrected chi connectivity index (χ1v) is 10.4. The molecule has 0 atom stereocenters. The smallest absolute Gasteiger partial charge is 0.324 e. The molecule has 31 heavy (non-hydrogen) atoms. The molecule has 1 aliphatic rings. The zero-order chi connectivity index (χ0) is 22.2. The van der Waals surface area contributed by atoms with Crippen LogP contribution in [0.25, 0.3) is 5.69 Å². The first kappa shape index (κ1) is 20.9. The Morgan fingerprint density at radius 2 is 1.84 bits per heavy atom. The van der Waals surface area contributed by atoms with Crippen LogP contribution in [0.4, 0.5) is 16.3 Å². The van der Waals surface area contributed by atoms with E-state index in [2.05, 4.69) is 36.7 Å². The van der Waals surface area contributed by atoms with Crippen molar-refractivity contribution in [3.05, 3.63) is 70.4 Å². The Labute approximate surface area is 185 Å². The van der Waals surface area contributed by atoms with Gasteiger partial charge in [-0.2, -0.15) is 5.10 Å². The Balaban J connectivity index is 1.67. The number of amides is 3. The lowest BCUT2D eigenvalue weighted by atomic mass is 9.92. The summed E-state index contributed by atoms with van der Waals surface area (Å²) in [7, 11) is 0. The third-order valence-electron chi connectivity index (χ3n) is 5.08. The molecule has 0 fully saturated rings. The minimum Gasteiger partial charge on any atom is -0.352 e. The van der Waals surface area contributed by atoms with Crippen molar-refractivity contribution in [3.8, 4) is 5.69 Å². The van der Waals surface area contributed by atoms with Gasteiger partial charge in [-0.1, -0.05) is 38.4 Å². The van der Waals surface area contributed by atoms with Gasteiger partial charge in [0.1, 0.15) is 5.82 Å². The number of nitrogens with one attached hydrogen (secondary N) is 3. The van der Waals surface area contributed by atoms with E-state index in [-0.39, 0.29) is 11.3 Å². The Bertz CT molecular complexity index is 1150. The highest BCUT2D eigenvalue weighted by atomic mass is 35.5. The molecule has 0 spiro atoms. The van der Waals surface area contributed by atoms with Crippen LogP contribution in [-0.4, -0.2) is 28.3 Å². The third kappa shape index (κ3) is 4.56. The van der Waals surface area contributed by atoms with Crippen molar-refractivity contribution < 1.29 is 9.59 Å². The molecule has 3 N–H and O–H groups in total. The second kappa shape index (κ2) is 8.07. The maximum atomic E-state index is 12.6. The van der Waals surface area contributed by atoms with Gasteiger partial charge in [0.25, 0.3) is 5.91 Å². The highest BCUT2D eigenvalue weighted by Crippen LogP contribution is 2.28. The predicted octanol–water partition coefficient (Wildman–Crippen LogP) is 4.75. The molecule has 1 aromatic heterocycles. The van der Waals surface area contributed by atoms with Gasteiger partial charge in [-0.3, -0.25) is 10.1 Å². The number of carbonyl (C=O) groups is 2. The number of hydrogen-bond acceptors (Lipinski definition) is 3. The summed E-state index contributed by atoms with van der Waals surface area (Å²) in [6.07, 6.45) is 0.794. The van der Waals surface area contributed by atoms with Gasteiger partial charge in [-0.15, -0.1) is 0 Å². The predicted molar refractivity (Wildman–Crippen MR) is 122 cm³/mol. The van der Waals surface area contributed by atoms with Crippen LogP contribution in [0.2, 0.25) is 5.02 Å². The number of fused-ring (bicyclic) bond motifs is 1. The van der Waals surface area contributed by atoms with Gasteiger partial charge < -0.3 is 10.6 Å². The fourth-order valence-electron chi connectivity index (χ4n) is 3.38. The van der Waals surface area contributed by atoms with Crippen LogP contribution < -0.4 is 16.0 Å². The summed E-state index contributed by atoms with van der Waals surface area (Å²) < 4.78 is 1.66. The van der Waals surface area contributed by atoms with E-state index >= 15 is 0 Å². The molecule has 0 radical (unpaired) electrons. The van der Waals surface area contributed by atoms with E-state index in [0.29, 0.717) is 34.3 Å². The van der Waals surface area contributed by atoms with Crippen molar-refractivity contribution in [2.45, 2.75) is 32.6 Å². The lowest BCUT2D eigenvalue weighted by Gasteiger charge is -2.18. The molecule has 3 amide bonds. The highest BCUT2D eigenvalue weighted by molar-refractivity contribution is 6.30. The first-order valence-electron chi connectivity index (χ1n) is 10.1. The fourth-order valence-corrected chi connectivity index (χ4v) is 3.50. The lowest BCUT2D eigenvalue weighted by Crippen LogP contribution is -2.31. The van der Waals surface area contributed by atoms with Gasteiger partial charge in [0.2, 0.25) is 0 Å². The quantitative estimate of drug-likeness (QED) is 0.552. The number of aromatic nitrogens is 2. The lowest BCUT2D eigenvalue weighted by molar-refractivity contribution is 0.0946. The number of rotatable bonds is 3. The first-order chi connectivity index (χ1) is 14.7. The van der Waals surface area contributed by atoms with Gasteiger partial charge in [0.05, 0.1) is 11.4 Å². The molecule has 160 valence electrons. The summed E-state index contributed by atoms with van der Waals surface area (Å²) in [5.41, 5.74) is 3.55. The SMILES string of the molecule is CC(C)(C)c1cc(NC(=O)Nc2ccc(Cl)cc2)n(-c2ccc3c(c2)C(=O)NCC3)n1. The van der Waals surface area contributed by atoms with Crippen LogP contribution in [0, 0.1) is 0 Å². The second-order valence-electron chi connectivity index (χ2n) is 8.51. The molecule has 4 rings (SSSR count). The van der Waals surface area contributed by atoms with Gasteiger partial charge in [-0.05, 0) is 48.4 Å². The molecule has 0 saturated carbocycles. The summed E-state index contributed by atoms with van der Waals surface area (Å²) >= 11 is 5.90. The topological polar surface area (TPSA) is 88.0 Å². The fraction of sp³-hybridized carbons (Fsp3) is 0.261. The Hall–Kier alpha value is -3.32. The maximum absolute atomic E-state index is 12.6. The standard InChI is InChI=1S/C23H24ClN5O2/c1-23(2,3)19-13-20(27-22(31)26-16-7-5-15(24)6-8-16)29(28-19)17-9-4-14-10-11-25-21(30)18(14)12-17/h4-9,12-13H,10-11H2,1-3H3,(H,25,30)(H2,26,27,31). The molecule has 0 bridgehead atoms. The van der Waals surface area contributed by atoms with Crippen LogP contribution in [0.15, 0.2) is 48.5 Å². The molecule has 8 heteroatoms. The van der Waals surface area contributed by atoms with Gasteiger partial charge >= 0.3 is 6.03 Å². The van der Waals surface area contributed by atoms with Crippen molar-refractivity contribution in [3.63, 3.8) is 0 Å². The second-order valence-corrected chi connectivity index (χ2v) is 8.95. The van der Waals surface area contributed by atoms with Gasteiger partial charge in [0.15, 0.2) is 0 Å². The Kier molecular flexibility index (Phi) is 5.45. The van der Waals surface area contributed by atoms with E-state index in [0.717, 1.165) is 17.7 Å². The van der Waals surface area contributed by atoms with Crippen LogP contribution in [0.3, 0.4) is 0 Å². The van der Waals surface area contributed by atoms with Crippen LogP contribution >= 0.6 is 11.6 Å². The summed E-state index contributed by atoms with van der Waals surface area (Å²) in [4.78, 5) is 24.9. The highest BCUT2D eigenvalue weighted by Gasteiger charge is 2.23. The van der Waals surface area contributed by atoms with E-state index in [1.807, 2.05) is 24.3 Å². The van der Waals surface area contributed by atoms with Gasteiger partial charge in [-0.25, -0.2) is 9.48 Å². The van der Waals surface area contributed by atoms with Crippen molar-refractivity contribution in [2.24, 2.45) is 0 Å². The average Bonchev–Trinajstić information content (AvgIpc) is 3.14. The monoisotopic (exact) mass is 437 g/mol. The van der Waals surface area contributed by atoms with E-state index in [1.54, 1.807) is 28.9 Å². The zero-order valence-corrected chi connectivity index (χ0v) is 18.4. The van der Waals surface area contributed by atoms with Crippen molar-refractivity contribution >= 4 is 35.0 Å².